The molecule has 1 aliphatic rings. The number of pyridine rings is 1. The Balaban J connectivity index is 1.96. The summed E-state index contributed by atoms with van der Waals surface area (Å²) >= 11 is 0. The molecule has 3 rings (SSSR count). The summed E-state index contributed by atoms with van der Waals surface area (Å²) in [6.45, 7) is 0. The molecule has 2 aromatic rings. The molecule has 2 aromatic heterocycles. The maximum absolute atomic E-state index is 11.6. The van der Waals surface area contributed by atoms with Crippen molar-refractivity contribution < 1.29 is 14.3 Å². The van der Waals surface area contributed by atoms with E-state index in [1.54, 1.807) is 25.4 Å². The summed E-state index contributed by atoms with van der Waals surface area (Å²) in [5.41, 5.74) is 1.09. The Hall–Kier alpha value is -1.95. The summed E-state index contributed by atoms with van der Waals surface area (Å²) in [5.74, 6) is 0.448. The lowest BCUT2D eigenvalue weighted by molar-refractivity contribution is -0.0722. The number of ether oxygens (including phenoxy) is 2. The monoisotopic (exact) mass is 275 g/mol. The van der Waals surface area contributed by atoms with Gasteiger partial charge in [-0.15, -0.1) is 10.2 Å². The number of hydrogen-bond acceptors (Lipinski definition) is 5. The maximum Gasteiger partial charge on any atom is 0.339 e. The largest absolute Gasteiger partial charge is 0.465 e. The van der Waals surface area contributed by atoms with E-state index in [1.807, 2.05) is 4.40 Å². The van der Waals surface area contributed by atoms with Gasteiger partial charge in [0.25, 0.3) is 0 Å². The number of carbonyl (C=O) groups excluding carboxylic acids is 1. The molecule has 0 unspecified atom stereocenters. The van der Waals surface area contributed by atoms with E-state index < -0.39 is 0 Å². The summed E-state index contributed by atoms with van der Waals surface area (Å²) in [6.07, 6.45) is 5.68. The molecule has 106 valence electrons. The van der Waals surface area contributed by atoms with Crippen LogP contribution in [-0.2, 0) is 15.9 Å². The molecule has 0 saturated heterocycles. The Morgan fingerprint density at radius 3 is 2.75 bits per heavy atom. The summed E-state index contributed by atoms with van der Waals surface area (Å²) in [7, 11) is 3.11. The first-order valence-electron chi connectivity index (χ1n) is 6.65. The van der Waals surface area contributed by atoms with Gasteiger partial charge in [0.05, 0.1) is 18.3 Å². The molecule has 6 nitrogen and oxygen atoms in total. The number of methoxy groups -OCH3 is 2. The zero-order valence-corrected chi connectivity index (χ0v) is 11.6. The summed E-state index contributed by atoms with van der Waals surface area (Å²) < 4.78 is 12.2. The quantitative estimate of drug-likeness (QED) is 0.793. The third kappa shape index (κ3) is 2.06. The molecule has 6 heteroatoms. The highest BCUT2D eigenvalue weighted by Crippen LogP contribution is 2.37. The summed E-state index contributed by atoms with van der Waals surface area (Å²) in [5, 5.41) is 8.34. The zero-order valence-electron chi connectivity index (χ0n) is 11.6. The van der Waals surface area contributed by atoms with Crippen LogP contribution in [0.2, 0.25) is 0 Å². The van der Waals surface area contributed by atoms with E-state index in [0.29, 0.717) is 12.0 Å². The lowest BCUT2D eigenvalue weighted by Crippen LogP contribution is -2.41. The van der Waals surface area contributed by atoms with Crippen LogP contribution in [0.4, 0.5) is 0 Å². The normalized spacial score (nSPS) is 16.9. The minimum absolute atomic E-state index is 0.121. The van der Waals surface area contributed by atoms with Gasteiger partial charge in [-0.05, 0) is 31.4 Å². The van der Waals surface area contributed by atoms with Crippen molar-refractivity contribution >= 4 is 11.6 Å². The van der Waals surface area contributed by atoms with Crippen molar-refractivity contribution in [3.63, 3.8) is 0 Å². The number of hydrogen-bond donors (Lipinski definition) is 0. The van der Waals surface area contributed by atoms with E-state index in [-0.39, 0.29) is 11.6 Å². The van der Waals surface area contributed by atoms with Gasteiger partial charge < -0.3 is 9.47 Å². The molecular formula is C14H17N3O3. The van der Waals surface area contributed by atoms with Gasteiger partial charge in [0, 0.05) is 19.7 Å². The Labute approximate surface area is 116 Å². The van der Waals surface area contributed by atoms with Gasteiger partial charge in [-0.2, -0.15) is 0 Å². The number of aromatic nitrogens is 3. The first-order valence-corrected chi connectivity index (χ1v) is 6.65. The molecule has 0 bridgehead atoms. The third-order valence-corrected chi connectivity index (χ3v) is 4.07. The van der Waals surface area contributed by atoms with Crippen molar-refractivity contribution in [1.82, 2.24) is 14.6 Å². The van der Waals surface area contributed by atoms with Crippen LogP contribution >= 0.6 is 0 Å². The average Bonchev–Trinajstić information content (AvgIpc) is 2.84. The third-order valence-electron chi connectivity index (χ3n) is 4.07. The molecule has 0 spiro atoms. The van der Waals surface area contributed by atoms with Gasteiger partial charge >= 0.3 is 5.97 Å². The molecule has 0 radical (unpaired) electrons. The molecule has 0 atom stereocenters. The van der Waals surface area contributed by atoms with Crippen LogP contribution < -0.4 is 0 Å². The highest BCUT2D eigenvalue weighted by molar-refractivity contribution is 5.89. The van der Waals surface area contributed by atoms with E-state index in [2.05, 4.69) is 10.2 Å². The highest BCUT2D eigenvalue weighted by Gasteiger charge is 2.38. The fourth-order valence-corrected chi connectivity index (χ4v) is 2.61. The van der Waals surface area contributed by atoms with Crippen LogP contribution in [0.15, 0.2) is 18.3 Å². The Morgan fingerprint density at radius 2 is 2.15 bits per heavy atom. The topological polar surface area (TPSA) is 65.7 Å². The van der Waals surface area contributed by atoms with Crippen LogP contribution in [0.3, 0.4) is 0 Å². The van der Waals surface area contributed by atoms with Crippen molar-refractivity contribution in [2.75, 3.05) is 14.2 Å². The predicted octanol–water partition coefficient (Wildman–Crippen LogP) is 1.63. The van der Waals surface area contributed by atoms with Crippen molar-refractivity contribution in [1.29, 1.82) is 0 Å². The summed E-state index contributed by atoms with van der Waals surface area (Å²) in [6, 6.07) is 3.46. The fraction of sp³-hybridized carbons (Fsp3) is 0.500. The van der Waals surface area contributed by atoms with Gasteiger partial charge in [-0.3, -0.25) is 4.40 Å². The minimum Gasteiger partial charge on any atom is -0.465 e. The molecule has 1 aliphatic carbocycles. The van der Waals surface area contributed by atoms with Crippen molar-refractivity contribution in [3.8, 4) is 0 Å². The number of nitrogens with zero attached hydrogens (tertiary/aromatic N) is 3. The van der Waals surface area contributed by atoms with Crippen molar-refractivity contribution in [2.24, 2.45) is 0 Å². The molecule has 1 fully saturated rings. The maximum atomic E-state index is 11.6. The summed E-state index contributed by atoms with van der Waals surface area (Å²) in [4.78, 5) is 11.6. The molecule has 1 saturated carbocycles. The van der Waals surface area contributed by atoms with Gasteiger partial charge in [0.15, 0.2) is 5.65 Å². The van der Waals surface area contributed by atoms with Crippen molar-refractivity contribution in [2.45, 2.75) is 31.3 Å². The van der Waals surface area contributed by atoms with Crippen LogP contribution in [0.5, 0.6) is 0 Å². The first kappa shape index (κ1) is 13.1. The zero-order chi connectivity index (χ0) is 14.2. The van der Waals surface area contributed by atoms with E-state index in [0.717, 1.165) is 24.3 Å². The molecule has 0 aliphatic heterocycles. The van der Waals surface area contributed by atoms with Crippen LogP contribution in [0, 0.1) is 0 Å². The average molecular weight is 275 g/mol. The van der Waals surface area contributed by atoms with Crippen LogP contribution in [0.25, 0.3) is 5.65 Å². The Morgan fingerprint density at radius 1 is 1.35 bits per heavy atom. The second kappa shape index (κ2) is 4.86. The number of rotatable bonds is 4. The smallest absolute Gasteiger partial charge is 0.339 e. The Kier molecular flexibility index (Phi) is 3.17. The van der Waals surface area contributed by atoms with E-state index in [4.69, 9.17) is 9.47 Å². The van der Waals surface area contributed by atoms with E-state index in [1.165, 1.54) is 13.5 Å². The fourth-order valence-electron chi connectivity index (χ4n) is 2.61. The molecule has 0 amide bonds. The van der Waals surface area contributed by atoms with Crippen LogP contribution in [0.1, 0.15) is 35.4 Å². The second-order valence-corrected chi connectivity index (χ2v) is 5.17. The van der Waals surface area contributed by atoms with Gasteiger partial charge in [-0.25, -0.2) is 4.79 Å². The predicted molar refractivity (Wildman–Crippen MR) is 71.6 cm³/mol. The van der Waals surface area contributed by atoms with E-state index >= 15 is 0 Å². The van der Waals surface area contributed by atoms with E-state index in [9.17, 15) is 4.79 Å². The SMILES string of the molecule is COC(=O)c1ccc2nnc(CC3(OC)CCC3)n2c1. The minimum atomic E-state index is -0.364. The number of esters is 1. The molecule has 0 aromatic carbocycles. The van der Waals surface area contributed by atoms with Gasteiger partial charge in [0.2, 0.25) is 0 Å². The molecule has 2 heterocycles. The Bertz CT molecular complexity index is 641. The number of carbonyl (C=O) groups is 1. The molecule has 20 heavy (non-hydrogen) atoms. The second-order valence-electron chi connectivity index (χ2n) is 5.17. The standard InChI is InChI=1S/C14H17N3O3/c1-19-13(18)10-4-5-11-15-16-12(17(11)9-10)8-14(20-2)6-3-7-14/h4-5,9H,3,6-8H2,1-2H3. The lowest BCUT2D eigenvalue weighted by Gasteiger charge is -2.39. The number of fused-ring (bicyclic) bond motifs is 1. The lowest BCUT2D eigenvalue weighted by atomic mass is 9.77. The van der Waals surface area contributed by atoms with Crippen molar-refractivity contribution in [3.05, 3.63) is 29.7 Å². The molecular weight excluding hydrogens is 258 g/mol. The highest BCUT2D eigenvalue weighted by atomic mass is 16.5. The molecule has 0 N–H and O–H groups in total. The van der Waals surface area contributed by atoms with Gasteiger partial charge in [-0.1, -0.05) is 0 Å². The van der Waals surface area contributed by atoms with Gasteiger partial charge in [0.1, 0.15) is 5.82 Å². The first-order chi connectivity index (χ1) is 9.67. The van der Waals surface area contributed by atoms with Crippen LogP contribution in [-0.4, -0.2) is 40.4 Å².